The van der Waals surface area contributed by atoms with Gasteiger partial charge in [-0.3, -0.25) is 14.5 Å². The van der Waals surface area contributed by atoms with E-state index in [9.17, 15) is 19.5 Å². The number of nitrogens with zero attached hydrogens (tertiary/aromatic N) is 3. The van der Waals surface area contributed by atoms with E-state index in [-0.39, 0.29) is 22.3 Å². The maximum Gasteiger partial charge on any atom is 0.335 e. The highest BCUT2D eigenvalue weighted by atomic mass is 32.2. The van der Waals surface area contributed by atoms with Crippen molar-refractivity contribution in [2.24, 2.45) is 4.99 Å². The molecule has 0 atom stereocenters. The predicted molar refractivity (Wildman–Crippen MR) is 129 cm³/mol. The first-order valence-electron chi connectivity index (χ1n) is 10.1. The van der Waals surface area contributed by atoms with Gasteiger partial charge in [-0.1, -0.05) is 42.5 Å². The largest absolute Gasteiger partial charge is 0.478 e. The third kappa shape index (κ3) is 3.50. The van der Waals surface area contributed by atoms with Crippen molar-refractivity contribution in [3.8, 4) is 0 Å². The fraction of sp³-hybridized carbons (Fsp3) is 0.0400. The number of aromatic carboxylic acids is 1. The number of carbonyl (C=O) groups excluding carboxylic acids is 2. The van der Waals surface area contributed by atoms with E-state index in [0.29, 0.717) is 27.7 Å². The number of likely N-dealkylation sites (N-methyl/N-ethyl adjacent to an activating group) is 1. The third-order valence-corrected chi connectivity index (χ3v) is 6.43. The van der Waals surface area contributed by atoms with Crippen LogP contribution in [0.25, 0.3) is 5.57 Å². The van der Waals surface area contributed by atoms with Gasteiger partial charge in [0, 0.05) is 12.6 Å². The van der Waals surface area contributed by atoms with E-state index in [1.165, 1.54) is 21.9 Å². The van der Waals surface area contributed by atoms with Crippen molar-refractivity contribution in [1.82, 2.24) is 0 Å². The van der Waals surface area contributed by atoms with Crippen LogP contribution in [0, 0.1) is 0 Å². The molecule has 5 rings (SSSR count). The lowest BCUT2D eigenvalue weighted by Gasteiger charge is -2.15. The van der Waals surface area contributed by atoms with E-state index in [2.05, 4.69) is 4.99 Å². The zero-order chi connectivity index (χ0) is 23.1. The first-order chi connectivity index (χ1) is 16.0. The highest BCUT2D eigenvalue weighted by Crippen LogP contribution is 2.45. The van der Waals surface area contributed by atoms with Crippen LogP contribution in [-0.4, -0.2) is 35.1 Å². The van der Waals surface area contributed by atoms with Gasteiger partial charge in [-0.2, -0.15) is 0 Å². The number of benzene rings is 3. The molecule has 2 amide bonds. The van der Waals surface area contributed by atoms with E-state index in [0.717, 1.165) is 17.4 Å². The number of amides is 2. The monoisotopic (exact) mass is 455 g/mol. The lowest BCUT2D eigenvalue weighted by molar-refractivity contribution is -0.115. The molecule has 1 saturated heterocycles. The lowest BCUT2D eigenvalue weighted by atomic mass is 10.1. The fourth-order valence-electron chi connectivity index (χ4n) is 3.81. The molecule has 0 spiro atoms. The van der Waals surface area contributed by atoms with E-state index in [1.807, 2.05) is 42.5 Å². The number of hydrogen-bond donors (Lipinski definition) is 1. The molecular formula is C25H17N3O4S. The van der Waals surface area contributed by atoms with Crippen LogP contribution in [0.3, 0.4) is 0 Å². The van der Waals surface area contributed by atoms with E-state index >= 15 is 0 Å². The number of thioether (sulfide) groups is 1. The molecule has 2 aliphatic rings. The van der Waals surface area contributed by atoms with Crippen LogP contribution >= 0.6 is 11.8 Å². The van der Waals surface area contributed by atoms with Gasteiger partial charge in [0.2, 0.25) is 0 Å². The maximum atomic E-state index is 13.6. The van der Waals surface area contributed by atoms with E-state index in [4.69, 9.17) is 0 Å². The van der Waals surface area contributed by atoms with Gasteiger partial charge in [-0.05, 0) is 48.2 Å². The van der Waals surface area contributed by atoms with Crippen molar-refractivity contribution in [3.63, 3.8) is 0 Å². The Balaban J connectivity index is 1.68. The summed E-state index contributed by atoms with van der Waals surface area (Å²) in [7, 11) is 1.68. The molecule has 2 heterocycles. The second kappa shape index (κ2) is 8.07. The van der Waals surface area contributed by atoms with Crippen LogP contribution in [0.5, 0.6) is 0 Å². The molecule has 33 heavy (non-hydrogen) atoms. The zero-order valence-corrected chi connectivity index (χ0v) is 18.2. The first-order valence-corrected chi connectivity index (χ1v) is 10.9. The van der Waals surface area contributed by atoms with Crippen LogP contribution < -0.4 is 9.80 Å². The Morgan fingerprint density at radius 2 is 1.64 bits per heavy atom. The van der Waals surface area contributed by atoms with Crippen LogP contribution in [0.2, 0.25) is 0 Å². The van der Waals surface area contributed by atoms with Gasteiger partial charge in [-0.15, -0.1) is 0 Å². The predicted octanol–water partition coefficient (Wildman–Crippen LogP) is 4.54. The normalized spacial score (nSPS) is 18.9. The number of anilines is 2. The van der Waals surface area contributed by atoms with Crippen molar-refractivity contribution in [2.45, 2.75) is 0 Å². The molecule has 1 N–H and O–H groups in total. The molecule has 0 aromatic heterocycles. The first kappa shape index (κ1) is 20.7. The molecule has 2 aliphatic heterocycles. The van der Waals surface area contributed by atoms with Gasteiger partial charge in [0.05, 0.1) is 33.1 Å². The molecule has 0 aliphatic carbocycles. The summed E-state index contributed by atoms with van der Waals surface area (Å²) in [6.45, 7) is 0. The third-order valence-electron chi connectivity index (χ3n) is 5.39. The number of fused-ring (bicyclic) bond motifs is 1. The highest BCUT2D eigenvalue weighted by Gasteiger charge is 2.42. The minimum Gasteiger partial charge on any atom is -0.478 e. The Kier molecular flexibility index (Phi) is 5.07. The number of hydrogen-bond acceptors (Lipinski definition) is 5. The van der Waals surface area contributed by atoms with Gasteiger partial charge in [0.25, 0.3) is 11.8 Å². The smallest absolute Gasteiger partial charge is 0.335 e. The molecule has 0 bridgehead atoms. The van der Waals surface area contributed by atoms with Crippen LogP contribution in [0.1, 0.15) is 15.9 Å². The summed E-state index contributed by atoms with van der Waals surface area (Å²) in [5.74, 6) is -1.67. The molecule has 162 valence electrons. The molecule has 7 nitrogen and oxygen atoms in total. The molecule has 0 radical (unpaired) electrons. The summed E-state index contributed by atoms with van der Waals surface area (Å²) in [6, 6.07) is 22.6. The minimum absolute atomic E-state index is 0.0949. The molecule has 0 saturated carbocycles. The van der Waals surface area contributed by atoms with Crippen molar-refractivity contribution < 1.29 is 19.5 Å². The number of carboxylic acid groups (broad SMARTS) is 1. The molecule has 3 aromatic rings. The minimum atomic E-state index is -1.06. The number of aliphatic imine (C=N–C) groups is 1. The average molecular weight is 455 g/mol. The number of carboxylic acids is 1. The number of para-hydroxylation sites is 2. The number of rotatable bonds is 3. The fourth-order valence-corrected chi connectivity index (χ4v) is 4.90. The summed E-state index contributed by atoms with van der Waals surface area (Å²) in [4.78, 5) is 46.0. The zero-order valence-electron chi connectivity index (χ0n) is 17.4. The van der Waals surface area contributed by atoms with E-state index < -0.39 is 5.97 Å². The molecule has 8 heteroatoms. The van der Waals surface area contributed by atoms with Gasteiger partial charge in [-0.25, -0.2) is 9.79 Å². The summed E-state index contributed by atoms with van der Waals surface area (Å²) in [6.07, 6.45) is 0. The summed E-state index contributed by atoms with van der Waals surface area (Å²) < 4.78 is 0. The summed E-state index contributed by atoms with van der Waals surface area (Å²) in [5, 5.41) is 9.65. The highest BCUT2D eigenvalue weighted by molar-refractivity contribution is 8.19. The average Bonchev–Trinajstić information content (AvgIpc) is 3.27. The Morgan fingerprint density at radius 1 is 0.909 bits per heavy atom. The van der Waals surface area contributed by atoms with Crippen LogP contribution in [-0.2, 0) is 9.59 Å². The van der Waals surface area contributed by atoms with Gasteiger partial charge in [0.1, 0.15) is 0 Å². The number of amidine groups is 1. The van der Waals surface area contributed by atoms with Crippen molar-refractivity contribution in [3.05, 3.63) is 94.9 Å². The second-order valence-corrected chi connectivity index (χ2v) is 8.39. The van der Waals surface area contributed by atoms with Crippen LogP contribution in [0.4, 0.5) is 17.1 Å². The summed E-state index contributed by atoms with van der Waals surface area (Å²) in [5.41, 5.74) is 2.87. The Morgan fingerprint density at radius 3 is 2.39 bits per heavy atom. The van der Waals surface area contributed by atoms with Crippen molar-refractivity contribution >= 4 is 57.3 Å². The quantitative estimate of drug-likeness (QED) is 0.586. The lowest BCUT2D eigenvalue weighted by Crippen LogP contribution is -2.29. The van der Waals surface area contributed by atoms with Gasteiger partial charge < -0.3 is 10.0 Å². The molecular weight excluding hydrogens is 438 g/mol. The van der Waals surface area contributed by atoms with Gasteiger partial charge >= 0.3 is 5.97 Å². The molecule has 1 fully saturated rings. The number of carbonyl (C=O) groups is 3. The van der Waals surface area contributed by atoms with Crippen LogP contribution in [0.15, 0.2) is 88.8 Å². The van der Waals surface area contributed by atoms with E-state index in [1.54, 1.807) is 31.3 Å². The van der Waals surface area contributed by atoms with Crippen molar-refractivity contribution in [2.75, 3.05) is 16.8 Å². The van der Waals surface area contributed by atoms with Crippen molar-refractivity contribution in [1.29, 1.82) is 0 Å². The molecule has 0 unspecified atom stereocenters. The molecule has 3 aromatic carbocycles. The Labute approximate surface area is 193 Å². The summed E-state index contributed by atoms with van der Waals surface area (Å²) >= 11 is 1.11. The topological polar surface area (TPSA) is 90.3 Å². The Bertz CT molecular complexity index is 1380. The maximum absolute atomic E-state index is 13.6. The second-order valence-electron chi connectivity index (χ2n) is 7.41. The standard InChI is InChI=1S/C25H17N3O4S/c1-27-19-13-6-5-12-18(19)20(22(27)29)21-23(30)28(17-10-3-2-4-11-17)25(33-21)26-16-9-7-8-15(14-16)24(31)32/h2-14H,1H3,(H,31,32)/b21-20-,26-25?. The SMILES string of the molecule is CN1C(=O)/C(=C2\SC(=Nc3cccc(C(=O)O)c3)N(c3ccccc3)C2=O)c2ccccc21. The van der Waals surface area contributed by atoms with Gasteiger partial charge in [0.15, 0.2) is 5.17 Å². The Hall–Kier alpha value is -4.17.